The minimum atomic E-state index is -0.256. The fraction of sp³-hybridized carbons (Fsp3) is 1.00. The molecule has 18 heavy (non-hydrogen) atoms. The lowest BCUT2D eigenvalue weighted by atomic mass is 9.72. The first-order valence-corrected chi connectivity index (χ1v) is 7.12. The molecule has 0 radical (unpaired) electrons. The first-order valence-electron chi connectivity index (χ1n) is 7.12. The molecule has 0 aliphatic carbocycles. The molecule has 0 rings (SSSR count). The summed E-state index contributed by atoms with van der Waals surface area (Å²) in [4.78, 5) is 0. The predicted molar refractivity (Wildman–Crippen MR) is 75.8 cm³/mol. The van der Waals surface area contributed by atoms with Crippen molar-refractivity contribution in [1.29, 1.82) is 0 Å². The fourth-order valence-electron chi connectivity index (χ4n) is 2.38. The quantitative estimate of drug-likeness (QED) is 0.613. The van der Waals surface area contributed by atoms with Gasteiger partial charge in [-0.05, 0) is 13.3 Å². The standard InChI is InChI=1S/C15H32O3/c1-7-9-10-18-13(14(3,4)11-16)15(5,6)12-17-8-2/h13,16H,7-12H2,1-6H3. The Bertz CT molecular complexity index is 212. The average Bonchev–Trinajstić information content (AvgIpc) is 2.31. The lowest BCUT2D eigenvalue weighted by molar-refractivity contribution is -0.131. The van der Waals surface area contributed by atoms with Gasteiger partial charge < -0.3 is 14.6 Å². The number of ether oxygens (including phenoxy) is 2. The van der Waals surface area contributed by atoms with Crippen LogP contribution in [0.1, 0.15) is 54.4 Å². The average molecular weight is 260 g/mol. The highest BCUT2D eigenvalue weighted by atomic mass is 16.5. The molecule has 3 heteroatoms. The van der Waals surface area contributed by atoms with Crippen LogP contribution in [0.15, 0.2) is 0 Å². The molecule has 1 unspecified atom stereocenters. The molecule has 0 aromatic carbocycles. The molecule has 110 valence electrons. The Kier molecular flexibility index (Phi) is 8.08. The second kappa shape index (κ2) is 8.13. The monoisotopic (exact) mass is 260 g/mol. The van der Waals surface area contributed by atoms with Crippen LogP contribution in [0, 0.1) is 10.8 Å². The van der Waals surface area contributed by atoms with E-state index in [1.807, 2.05) is 6.92 Å². The van der Waals surface area contributed by atoms with E-state index in [1.54, 1.807) is 0 Å². The van der Waals surface area contributed by atoms with Crippen LogP contribution in [0.25, 0.3) is 0 Å². The highest BCUT2D eigenvalue weighted by Gasteiger charge is 2.41. The molecule has 1 N–H and O–H groups in total. The van der Waals surface area contributed by atoms with Gasteiger partial charge in [-0.2, -0.15) is 0 Å². The lowest BCUT2D eigenvalue weighted by Crippen LogP contribution is -2.48. The zero-order valence-electron chi connectivity index (χ0n) is 13.1. The molecule has 0 saturated carbocycles. The number of rotatable bonds is 10. The van der Waals surface area contributed by atoms with E-state index in [4.69, 9.17) is 9.47 Å². The molecule has 0 aromatic rings. The number of hydrogen-bond donors (Lipinski definition) is 1. The van der Waals surface area contributed by atoms with Gasteiger partial charge in [0.2, 0.25) is 0 Å². The highest BCUT2D eigenvalue weighted by molar-refractivity contribution is 4.90. The van der Waals surface area contributed by atoms with E-state index in [0.29, 0.717) is 13.2 Å². The van der Waals surface area contributed by atoms with Gasteiger partial charge in [-0.15, -0.1) is 0 Å². The summed E-state index contributed by atoms with van der Waals surface area (Å²) in [5, 5.41) is 9.59. The summed E-state index contributed by atoms with van der Waals surface area (Å²) in [5.74, 6) is 0. The van der Waals surface area contributed by atoms with Gasteiger partial charge in [0.15, 0.2) is 0 Å². The third-order valence-corrected chi connectivity index (χ3v) is 3.29. The summed E-state index contributed by atoms with van der Waals surface area (Å²) in [6.45, 7) is 14.8. The Morgan fingerprint density at radius 1 is 1.06 bits per heavy atom. The van der Waals surface area contributed by atoms with Crippen LogP contribution in [-0.2, 0) is 9.47 Å². The lowest BCUT2D eigenvalue weighted by Gasteiger charge is -2.43. The van der Waals surface area contributed by atoms with Crippen molar-refractivity contribution >= 4 is 0 Å². The summed E-state index contributed by atoms with van der Waals surface area (Å²) in [6, 6.07) is 0. The van der Waals surface area contributed by atoms with E-state index in [2.05, 4.69) is 34.6 Å². The Balaban J connectivity index is 4.72. The van der Waals surface area contributed by atoms with E-state index in [9.17, 15) is 5.11 Å². The van der Waals surface area contributed by atoms with Crippen molar-refractivity contribution in [1.82, 2.24) is 0 Å². The molecular weight excluding hydrogens is 228 g/mol. The summed E-state index contributed by atoms with van der Waals surface area (Å²) in [6.07, 6.45) is 2.18. The first kappa shape index (κ1) is 17.9. The third kappa shape index (κ3) is 5.68. The van der Waals surface area contributed by atoms with Crippen LogP contribution in [0.3, 0.4) is 0 Å². The predicted octanol–water partition coefficient (Wildman–Crippen LogP) is 3.25. The summed E-state index contributed by atoms with van der Waals surface area (Å²) in [5.41, 5.74) is -0.357. The topological polar surface area (TPSA) is 38.7 Å². The number of aliphatic hydroxyl groups is 1. The first-order chi connectivity index (χ1) is 8.31. The maximum Gasteiger partial charge on any atom is 0.0720 e. The molecule has 1 atom stereocenters. The molecule has 0 aromatic heterocycles. The molecule has 3 nitrogen and oxygen atoms in total. The summed E-state index contributed by atoms with van der Waals surface area (Å²) >= 11 is 0. The van der Waals surface area contributed by atoms with Crippen LogP contribution < -0.4 is 0 Å². The van der Waals surface area contributed by atoms with Crippen LogP contribution in [0.4, 0.5) is 0 Å². The Morgan fingerprint density at radius 3 is 2.11 bits per heavy atom. The van der Waals surface area contributed by atoms with Crippen molar-refractivity contribution in [2.75, 3.05) is 26.4 Å². The fourth-order valence-corrected chi connectivity index (χ4v) is 2.38. The summed E-state index contributed by atoms with van der Waals surface area (Å²) in [7, 11) is 0. The number of unbranched alkanes of at least 4 members (excludes halogenated alkanes) is 1. The van der Waals surface area contributed by atoms with Gasteiger partial charge in [0, 0.05) is 24.0 Å². The Labute approximate surface area is 113 Å². The maximum atomic E-state index is 9.59. The highest BCUT2D eigenvalue weighted by Crippen LogP contribution is 2.37. The number of hydrogen-bond acceptors (Lipinski definition) is 3. The van der Waals surface area contributed by atoms with Crippen molar-refractivity contribution in [3.8, 4) is 0 Å². The second-order valence-electron chi connectivity index (χ2n) is 6.38. The van der Waals surface area contributed by atoms with Crippen LogP contribution in [0.5, 0.6) is 0 Å². The maximum absolute atomic E-state index is 9.59. The minimum Gasteiger partial charge on any atom is -0.396 e. The van der Waals surface area contributed by atoms with Gasteiger partial charge in [0.1, 0.15) is 0 Å². The SMILES string of the molecule is CCCCOC(C(C)(C)CO)C(C)(C)COCC. The third-order valence-electron chi connectivity index (χ3n) is 3.29. The van der Waals surface area contributed by atoms with Crippen LogP contribution in [-0.4, -0.2) is 37.6 Å². The van der Waals surface area contributed by atoms with E-state index >= 15 is 0 Å². The van der Waals surface area contributed by atoms with Crippen molar-refractivity contribution in [2.45, 2.75) is 60.5 Å². The minimum absolute atomic E-state index is 0.00639. The van der Waals surface area contributed by atoms with Gasteiger partial charge in [-0.1, -0.05) is 41.0 Å². The zero-order chi connectivity index (χ0) is 14.2. The smallest absolute Gasteiger partial charge is 0.0720 e. The van der Waals surface area contributed by atoms with Crippen molar-refractivity contribution < 1.29 is 14.6 Å². The molecule has 0 heterocycles. The Morgan fingerprint density at radius 2 is 1.67 bits per heavy atom. The van der Waals surface area contributed by atoms with Gasteiger partial charge >= 0.3 is 0 Å². The van der Waals surface area contributed by atoms with E-state index in [0.717, 1.165) is 19.4 Å². The van der Waals surface area contributed by atoms with Crippen molar-refractivity contribution in [2.24, 2.45) is 10.8 Å². The van der Waals surface area contributed by atoms with E-state index in [-0.39, 0.29) is 23.5 Å². The number of aliphatic hydroxyl groups excluding tert-OH is 1. The van der Waals surface area contributed by atoms with Crippen molar-refractivity contribution in [3.05, 3.63) is 0 Å². The zero-order valence-corrected chi connectivity index (χ0v) is 13.1. The van der Waals surface area contributed by atoms with Crippen LogP contribution >= 0.6 is 0 Å². The molecule has 0 aliphatic rings. The molecule has 0 spiro atoms. The second-order valence-corrected chi connectivity index (χ2v) is 6.38. The van der Waals surface area contributed by atoms with Gasteiger partial charge in [0.05, 0.1) is 19.3 Å². The largest absolute Gasteiger partial charge is 0.396 e. The molecule has 0 aliphatic heterocycles. The molecular formula is C15H32O3. The Hall–Kier alpha value is -0.120. The molecule has 0 fully saturated rings. The van der Waals surface area contributed by atoms with Gasteiger partial charge in [0.25, 0.3) is 0 Å². The van der Waals surface area contributed by atoms with Gasteiger partial charge in [-0.25, -0.2) is 0 Å². The molecule has 0 saturated heterocycles. The van der Waals surface area contributed by atoms with E-state index < -0.39 is 0 Å². The molecule has 0 amide bonds. The van der Waals surface area contributed by atoms with Gasteiger partial charge in [-0.3, -0.25) is 0 Å². The normalized spacial score (nSPS) is 14.8. The summed E-state index contributed by atoms with van der Waals surface area (Å²) < 4.78 is 11.6. The van der Waals surface area contributed by atoms with E-state index in [1.165, 1.54) is 0 Å². The van der Waals surface area contributed by atoms with Crippen molar-refractivity contribution in [3.63, 3.8) is 0 Å². The van der Waals surface area contributed by atoms with Crippen LogP contribution in [0.2, 0.25) is 0 Å². The molecule has 0 bridgehead atoms.